The monoisotopic (exact) mass is 392 g/mol. The van der Waals surface area contributed by atoms with Crippen molar-refractivity contribution in [3.05, 3.63) is 54.0 Å². The van der Waals surface area contributed by atoms with E-state index in [1.807, 2.05) is 32.9 Å². The molecular weight excluding hydrogens is 348 g/mol. The van der Waals surface area contributed by atoms with Gasteiger partial charge in [-0.2, -0.15) is 6.08 Å². The fraction of sp³-hybridized carbons (Fsp3) is 0.619. The van der Waals surface area contributed by atoms with E-state index < -0.39 is 0 Å². The predicted octanol–water partition coefficient (Wildman–Crippen LogP) is 3.54. The Bertz CT molecular complexity index is 184. The molecule has 0 spiro atoms. The zero-order valence-corrected chi connectivity index (χ0v) is 20.1. The Hall–Kier alpha value is 0.0743. The SMILES string of the molecule is CCC(C)[O-].CCC(C)[O-].CCC(C)[O-].[C-]1=CC=CC1.[CH3-].[CH3-].[CH3-].[CH3-].[Ti+3]. The fourth-order valence-electron chi connectivity index (χ4n) is 0.340. The Kier molecular flexibility index (Phi) is 87.7. The number of hydrogen-bond acceptors (Lipinski definition) is 3. The van der Waals surface area contributed by atoms with Gasteiger partial charge in [-0.05, 0) is 0 Å². The van der Waals surface area contributed by atoms with Crippen molar-refractivity contribution in [2.45, 2.75) is 85.5 Å². The van der Waals surface area contributed by atoms with Crippen LogP contribution in [0.1, 0.15) is 67.2 Å². The molecule has 3 atom stereocenters. The summed E-state index contributed by atoms with van der Waals surface area (Å²) >= 11 is 0. The van der Waals surface area contributed by atoms with E-state index in [4.69, 9.17) is 0 Å². The minimum Gasteiger partial charge on any atom is -0.852 e. The maximum Gasteiger partial charge on any atom is 3.00 e. The zero-order valence-electron chi connectivity index (χ0n) is 18.5. The molecule has 3 unspecified atom stereocenters. The van der Waals surface area contributed by atoms with Crippen LogP contribution in [0.25, 0.3) is 0 Å². The van der Waals surface area contributed by atoms with Crippen LogP contribution < -0.4 is 15.3 Å². The van der Waals surface area contributed by atoms with Crippen molar-refractivity contribution in [3.63, 3.8) is 0 Å². The quantitative estimate of drug-likeness (QED) is 0.545. The van der Waals surface area contributed by atoms with Gasteiger partial charge < -0.3 is 45.0 Å². The van der Waals surface area contributed by atoms with E-state index >= 15 is 0 Å². The standard InChI is InChI=1S/C5H5.3C4H9O.4CH3.Ti/c1-2-4-5-3-1;3*1-3-4(2)5;;;;;/h1-3H,4H2;3*4H,3H2,1-2H3;4*1H3;/q8*-1;+3. The van der Waals surface area contributed by atoms with Crippen LogP contribution in [0, 0.1) is 35.8 Å². The third-order valence-corrected chi connectivity index (χ3v) is 2.31. The molecule has 0 bridgehead atoms. The molecule has 0 aliphatic heterocycles. The van der Waals surface area contributed by atoms with Gasteiger partial charge in [0, 0.05) is 0 Å². The average Bonchev–Trinajstić information content (AvgIpc) is 2.99. The summed E-state index contributed by atoms with van der Waals surface area (Å²) in [7, 11) is 0. The van der Waals surface area contributed by atoms with Crippen molar-refractivity contribution in [2.75, 3.05) is 0 Å². The average molecular weight is 392 g/mol. The summed E-state index contributed by atoms with van der Waals surface area (Å²) in [5.41, 5.74) is 0. The first kappa shape index (κ1) is 49.8. The second-order valence-corrected chi connectivity index (χ2v) is 4.66. The summed E-state index contributed by atoms with van der Waals surface area (Å²) in [5, 5.41) is 29.7. The van der Waals surface area contributed by atoms with Crippen LogP contribution in [0.2, 0.25) is 0 Å². The van der Waals surface area contributed by atoms with E-state index in [9.17, 15) is 15.3 Å². The molecule has 1 radical (unpaired) electrons. The van der Waals surface area contributed by atoms with Crippen LogP contribution in [0.15, 0.2) is 18.2 Å². The second-order valence-electron chi connectivity index (χ2n) is 4.66. The van der Waals surface area contributed by atoms with Gasteiger partial charge in [-0.15, -0.1) is 24.7 Å². The third-order valence-electron chi connectivity index (χ3n) is 2.31. The molecule has 0 heterocycles. The summed E-state index contributed by atoms with van der Waals surface area (Å²) in [6, 6.07) is 0. The molecule has 0 aromatic carbocycles. The molecule has 0 amide bonds. The van der Waals surface area contributed by atoms with Crippen LogP contribution >= 0.6 is 0 Å². The third kappa shape index (κ3) is 95.7. The molecule has 25 heavy (non-hydrogen) atoms. The van der Waals surface area contributed by atoms with E-state index in [-0.39, 0.29) is 69.7 Å². The van der Waals surface area contributed by atoms with E-state index in [1.165, 1.54) is 0 Å². The minimum atomic E-state index is -0.366. The molecule has 0 N–H and O–H groups in total. The molecule has 0 saturated carbocycles. The molecule has 155 valence electrons. The number of hydrogen-bond donors (Lipinski definition) is 0. The Labute approximate surface area is 176 Å². The van der Waals surface area contributed by atoms with E-state index in [1.54, 1.807) is 20.8 Å². The molecule has 1 aliphatic carbocycles. The van der Waals surface area contributed by atoms with Crippen molar-refractivity contribution < 1.29 is 37.0 Å². The van der Waals surface area contributed by atoms with Gasteiger partial charge in [0.05, 0.1) is 0 Å². The first-order valence-corrected chi connectivity index (χ1v) is 7.50. The normalized spacial score (nSPS) is 12.5. The van der Waals surface area contributed by atoms with Crippen molar-refractivity contribution in [3.8, 4) is 0 Å². The summed E-state index contributed by atoms with van der Waals surface area (Å²) < 4.78 is 0. The molecule has 3 nitrogen and oxygen atoms in total. The summed E-state index contributed by atoms with van der Waals surface area (Å²) in [5.74, 6) is 0. The Morgan fingerprint density at radius 1 is 0.760 bits per heavy atom. The van der Waals surface area contributed by atoms with E-state index in [2.05, 4.69) is 12.2 Å². The first-order valence-electron chi connectivity index (χ1n) is 7.50. The summed E-state index contributed by atoms with van der Waals surface area (Å²) in [4.78, 5) is 0. The van der Waals surface area contributed by atoms with E-state index in [0.717, 1.165) is 25.7 Å². The Balaban J connectivity index is -0.0000000241. The van der Waals surface area contributed by atoms with Crippen LogP contribution in [-0.4, -0.2) is 18.3 Å². The zero-order chi connectivity index (χ0) is 16.4. The summed E-state index contributed by atoms with van der Waals surface area (Å²) in [6.07, 6.45) is 11.2. The van der Waals surface area contributed by atoms with Crippen LogP contribution in [-0.2, 0) is 21.7 Å². The van der Waals surface area contributed by atoms with Crippen molar-refractivity contribution in [1.29, 1.82) is 0 Å². The summed E-state index contributed by atoms with van der Waals surface area (Å²) in [6.45, 7) is 10.7. The molecule has 4 heteroatoms. The van der Waals surface area contributed by atoms with Crippen molar-refractivity contribution in [2.24, 2.45) is 0 Å². The molecule has 1 rings (SSSR count). The second kappa shape index (κ2) is 44.0. The topological polar surface area (TPSA) is 69.2 Å². The maximum absolute atomic E-state index is 9.90. The Morgan fingerprint density at radius 3 is 1.04 bits per heavy atom. The van der Waals surface area contributed by atoms with Crippen LogP contribution in [0.5, 0.6) is 0 Å². The van der Waals surface area contributed by atoms with Gasteiger partial charge in [-0.25, -0.2) is 12.2 Å². The van der Waals surface area contributed by atoms with Gasteiger partial charge in [0.25, 0.3) is 0 Å². The van der Waals surface area contributed by atoms with Gasteiger partial charge in [0.15, 0.2) is 0 Å². The molecular formula is C21H44O3Ti-5. The fourth-order valence-corrected chi connectivity index (χ4v) is 0.340. The minimum absolute atomic E-state index is 0. The first-order chi connectivity index (χ1) is 9.31. The van der Waals surface area contributed by atoms with Gasteiger partial charge in [-0.3, -0.25) is 6.08 Å². The smallest absolute Gasteiger partial charge is 0.852 e. The predicted molar refractivity (Wildman–Crippen MR) is 106 cm³/mol. The molecule has 1 aliphatic rings. The number of rotatable bonds is 3. The maximum atomic E-state index is 9.90. The molecule has 0 aromatic heterocycles. The van der Waals surface area contributed by atoms with Gasteiger partial charge in [0.2, 0.25) is 0 Å². The number of allylic oxidation sites excluding steroid dienone is 4. The van der Waals surface area contributed by atoms with Crippen molar-refractivity contribution >= 4 is 0 Å². The largest absolute Gasteiger partial charge is 3.00 e. The van der Waals surface area contributed by atoms with Crippen molar-refractivity contribution in [1.82, 2.24) is 0 Å². The van der Waals surface area contributed by atoms with Gasteiger partial charge in [0.1, 0.15) is 0 Å². The van der Waals surface area contributed by atoms with E-state index in [0.29, 0.717) is 0 Å². The molecule has 0 saturated heterocycles. The Morgan fingerprint density at radius 2 is 1.00 bits per heavy atom. The van der Waals surface area contributed by atoms with Gasteiger partial charge in [-0.1, -0.05) is 60.8 Å². The molecule has 0 aromatic rings. The van der Waals surface area contributed by atoms with Gasteiger partial charge >= 0.3 is 21.7 Å². The van der Waals surface area contributed by atoms with Crippen LogP contribution in [0.3, 0.4) is 0 Å². The molecule has 0 fully saturated rings. The van der Waals surface area contributed by atoms with Crippen LogP contribution in [0.4, 0.5) is 0 Å².